The zero-order valence-electron chi connectivity index (χ0n) is 27.0. The number of Topliss-reactive ketones (excluding diaryl/α,β-unsaturated/α-hetero) is 1. The number of carboxylic acids is 2. The Labute approximate surface area is 280 Å². The first kappa shape index (κ1) is 38.0. The highest BCUT2D eigenvalue weighted by Gasteiger charge is 2.51. The summed E-state index contributed by atoms with van der Waals surface area (Å²) in [4.78, 5) is 89.2. The summed E-state index contributed by atoms with van der Waals surface area (Å²) in [5, 5.41) is 24.8. The maximum atomic E-state index is 15.4. The Morgan fingerprint density at radius 1 is 0.939 bits per heavy atom. The van der Waals surface area contributed by atoms with Crippen LogP contribution >= 0.6 is 0 Å². The number of likely N-dealkylation sites (tertiary alicyclic amines) is 1. The van der Waals surface area contributed by atoms with Crippen molar-refractivity contribution in [2.45, 2.75) is 82.5 Å². The standard InChI is InChI=1S/C33H38F2N4O10/c1-32(2,3)49-31(48)38-22(14-15-25(40)41)28(44)39-16-8-13-24(39)27(43)37-23(17-19-9-5-4-6-10-19)26(42)33(34,35)30(47)36-21-12-7-11-20(18-21)29(45)46/h4-7,9-12,18,22-24H,8,13-17H2,1-3H3,(H,36,47)(H,37,43)(H,38,48)(H,40,41)(H,45,46)/t22?,23?,24-/m0/s1. The predicted molar refractivity (Wildman–Crippen MR) is 169 cm³/mol. The number of hydrogen-bond acceptors (Lipinski definition) is 8. The van der Waals surface area contributed by atoms with Gasteiger partial charge in [-0.05, 0) is 63.8 Å². The van der Waals surface area contributed by atoms with E-state index in [1.807, 2.05) is 5.32 Å². The normalized spacial score (nSPS) is 15.8. The first-order valence-electron chi connectivity index (χ1n) is 15.3. The van der Waals surface area contributed by atoms with Gasteiger partial charge in [0.15, 0.2) is 0 Å². The predicted octanol–water partition coefficient (Wildman–Crippen LogP) is 3.00. The molecule has 1 saturated heterocycles. The van der Waals surface area contributed by atoms with Gasteiger partial charge in [0.25, 0.3) is 0 Å². The summed E-state index contributed by atoms with van der Waals surface area (Å²) in [6, 6.07) is 7.64. The number of carbonyl (C=O) groups is 7. The molecule has 1 aliphatic rings. The number of aliphatic carboxylic acids is 1. The van der Waals surface area contributed by atoms with Crippen LogP contribution in [0.3, 0.4) is 0 Å². The van der Waals surface area contributed by atoms with Crippen molar-refractivity contribution in [1.82, 2.24) is 15.5 Å². The molecule has 14 nitrogen and oxygen atoms in total. The van der Waals surface area contributed by atoms with Crippen LogP contribution in [-0.2, 0) is 35.1 Å². The minimum Gasteiger partial charge on any atom is -0.481 e. The van der Waals surface area contributed by atoms with Crippen LogP contribution in [-0.4, -0.2) is 92.8 Å². The maximum Gasteiger partial charge on any atom is 0.408 e. The summed E-state index contributed by atoms with van der Waals surface area (Å²) in [6.45, 7) is 4.75. The monoisotopic (exact) mass is 688 g/mol. The molecule has 264 valence electrons. The number of nitrogens with zero attached hydrogens (tertiary/aromatic N) is 1. The lowest BCUT2D eigenvalue weighted by Gasteiger charge is -2.30. The van der Waals surface area contributed by atoms with E-state index in [1.54, 1.807) is 39.0 Å². The van der Waals surface area contributed by atoms with Gasteiger partial charge >= 0.3 is 29.9 Å². The van der Waals surface area contributed by atoms with Crippen LogP contribution in [0.2, 0.25) is 0 Å². The second-order valence-corrected chi connectivity index (χ2v) is 12.4. The van der Waals surface area contributed by atoms with Gasteiger partial charge in [0.05, 0.1) is 11.6 Å². The van der Waals surface area contributed by atoms with Crippen molar-refractivity contribution in [2.24, 2.45) is 0 Å². The summed E-state index contributed by atoms with van der Waals surface area (Å²) in [5.41, 5.74) is -1.19. The SMILES string of the molecule is CC(C)(C)OC(=O)NC(CCC(=O)O)C(=O)N1CCC[C@H]1C(=O)NC(Cc1ccccc1)C(=O)C(F)(F)C(=O)Nc1cccc(C(=O)O)c1. The molecule has 16 heteroatoms. The first-order chi connectivity index (χ1) is 22.9. The number of amides is 4. The number of carbonyl (C=O) groups excluding carboxylic acids is 5. The molecule has 4 amide bonds. The number of alkyl halides is 2. The largest absolute Gasteiger partial charge is 0.481 e. The first-order valence-corrected chi connectivity index (χ1v) is 15.3. The summed E-state index contributed by atoms with van der Waals surface area (Å²) in [6.07, 6.45) is -1.97. The molecule has 0 spiro atoms. The lowest BCUT2D eigenvalue weighted by atomic mass is 9.97. The van der Waals surface area contributed by atoms with E-state index < -0.39 is 84.0 Å². The number of benzene rings is 2. The molecule has 49 heavy (non-hydrogen) atoms. The molecule has 0 aliphatic carbocycles. The molecule has 1 aliphatic heterocycles. The number of ether oxygens (including phenoxy) is 1. The van der Waals surface area contributed by atoms with Crippen LogP contribution < -0.4 is 16.0 Å². The van der Waals surface area contributed by atoms with E-state index in [0.717, 1.165) is 17.0 Å². The number of halogens is 2. The van der Waals surface area contributed by atoms with Crippen molar-refractivity contribution in [3.63, 3.8) is 0 Å². The van der Waals surface area contributed by atoms with Crippen LogP contribution in [0.1, 0.15) is 62.4 Å². The van der Waals surface area contributed by atoms with Crippen LogP contribution in [0, 0.1) is 0 Å². The summed E-state index contributed by atoms with van der Waals surface area (Å²) < 4.78 is 36.1. The van der Waals surface area contributed by atoms with Gasteiger partial charge in [0, 0.05) is 25.1 Å². The van der Waals surface area contributed by atoms with Crippen molar-refractivity contribution in [3.05, 3.63) is 65.7 Å². The Balaban J connectivity index is 1.84. The lowest BCUT2D eigenvalue weighted by molar-refractivity contribution is -0.157. The third kappa shape index (κ3) is 10.8. The third-order valence-electron chi connectivity index (χ3n) is 7.35. The van der Waals surface area contributed by atoms with Crippen molar-refractivity contribution < 1.29 is 57.3 Å². The van der Waals surface area contributed by atoms with Crippen LogP contribution in [0.4, 0.5) is 19.3 Å². The molecule has 1 heterocycles. The number of ketones is 1. The minimum atomic E-state index is -4.70. The van der Waals surface area contributed by atoms with E-state index in [-0.39, 0.29) is 37.1 Å². The van der Waals surface area contributed by atoms with Crippen molar-refractivity contribution >= 4 is 47.2 Å². The van der Waals surface area contributed by atoms with Gasteiger partial charge in [-0.2, -0.15) is 8.78 Å². The zero-order chi connectivity index (χ0) is 36.5. The van der Waals surface area contributed by atoms with E-state index in [1.165, 1.54) is 24.3 Å². The summed E-state index contributed by atoms with van der Waals surface area (Å²) >= 11 is 0. The van der Waals surface area contributed by atoms with Crippen LogP contribution in [0.5, 0.6) is 0 Å². The Hall–Kier alpha value is -5.41. The molecule has 3 atom stereocenters. The van der Waals surface area contributed by atoms with Crippen LogP contribution in [0.15, 0.2) is 54.6 Å². The number of alkyl carbamates (subject to hydrolysis) is 1. The zero-order valence-corrected chi connectivity index (χ0v) is 27.0. The second-order valence-electron chi connectivity index (χ2n) is 12.4. The van der Waals surface area contributed by atoms with E-state index in [9.17, 15) is 38.7 Å². The summed E-state index contributed by atoms with van der Waals surface area (Å²) in [7, 11) is 0. The Morgan fingerprint density at radius 3 is 2.22 bits per heavy atom. The molecule has 2 aromatic carbocycles. The van der Waals surface area contributed by atoms with Gasteiger partial charge < -0.3 is 35.8 Å². The van der Waals surface area contributed by atoms with Gasteiger partial charge in [-0.25, -0.2) is 9.59 Å². The van der Waals surface area contributed by atoms with Crippen molar-refractivity contribution in [3.8, 4) is 0 Å². The topological polar surface area (TPSA) is 209 Å². The highest BCUT2D eigenvalue weighted by Crippen LogP contribution is 2.24. The van der Waals surface area contributed by atoms with E-state index >= 15 is 8.78 Å². The Morgan fingerprint density at radius 2 is 1.61 bits per heavy atom. The number of anilines is 1. The Bertz CT molecular complexity index is 1580. The number of carboxylic acid groups (broad SMARTS) is 2. The number of hydrogen-bond donors (Lipinski definition) is 5. The molecule has 0 saturated carbocycles. The average Bonchev–Trinajstić information content (AvgIpc) is 3.52. The van der Waals surface area contributed by atoms with Crippen molar-refractivity contribution in [1.29, 1.82) is 0 Å². The smallest absolute Gasteiger partial charge is 0.408 e. The van der Waals surface area contributed by atoms with Gasteiger partial charge in [-0.3, -0.25) is 24.0 Å². The van der Waals surface area contributed by atoms with Gasteiger partial charge in [-0.1, -0.05) is 36.4 Å². The van der Waals surface area contributed by atoms with Crippen molar-refractivity contribution in [2.75, 3.05) is 11.9 Å². The molecule has 2 aromatic rings. The van der Waals surface area contributed by atoms with E-state index in [4.69, 9.17) is 9.84 Å². The maximum absolute atomic E-state index is 15.4. The highest BCUT2D eigenvalue weighted by molar-refractivity contribution is 6.15. The number of rotatable bonds is 14. The molecule has 0 radical (unpaired) electrons. The van der Waals surface area contributed by atoms with Gasteiger partial charge in [0.2, 0.25) is 17.6 Å². The fourth-order valence-electron chi connectivity index (χ4n) is 5.08. The highest BCUT2D eigenvalue weighted by atomic mass is 19.3. The molecule has 5 N–H and O–H groups in total. The minimum absolute atomic E-state index is 0.00175. The molecule has 0 bridgehead atoms. The van der Waals surface area contributed by atoms with Gasteiger partial charge in [-0.15, -0.1) is 0 Å². The fourth-order valence-corrected chi connectivity index (χ4v) is 5.08. The molecule has 3 rings (SSSR count). The Kier molecular flexibility index (Phi) is 12.5. The molecule has 2 unspecified atom stereocenters. The summed E-state index contributed by atoms with van der Waals surface area (Å²) in [5.74, 6) is -13.1. The van der Waals surface area contributed by atoms with Crippen LogP contribution in [0.25, 0.3) is 0 Å². The molecule has 1 fully saturated rings. The number of aromatic carboxylic acids is 1. The molecular weight excluding hydrogens is 650 g/mol. The van der Waals surface area contributed by atoms with E-state index in [0.29, 0.717) is 5.56 Å². The molecule has 0 aromatic heterocycles. The molecular formula is C33H38F2N4O10. The van der Waals surface area contributed by atoms with E-state index in [2.05, 4.69) is 10.6 Å². The second kappa shape index (κ2) is 16.1. The average molecular weight is 689 g/mol. The fraction of sp³-hybridized carbons (Fsp3) is 0.424. The third-order valence-corrected chi connectivity index (χ3v) is 7.35. The number of nitrogens with one attached hydrogen (secondary N) is 3. The lowest BCUT2D eigenvalue weighted by Crippen LogP contribution is -2.58. The van der Waals surface area contributed by atoms with Gasteiger partial charge in [0.1, 0.15) is 17.7 Å². The quantitative estimate of drug-likeness (QED) is 0.183.